The molecule has 146 valence electrons. The van der Waals surface area contributed by atoms with E-state index in [0.29, 0.717) is 11.8 Å². The van der Waals surface area contributed by atoms with Crippen molar-refractivity contribution in [3.05, 3.63) is 59.1 Å². The highest BCUT2D eigenvalue weighted by molar-refractivity contribution is 7.99. The number of aromatic hydroxyl groups is 1. The zero-order chi connectivity index (χ0) is 19.3. The Balaban J connectivity index is 1.36. The second-order valence-electron chi connectivity index (χ2n) is 6.52. The van der Waals surface area contributed by atoms with Crippen molar-refractivity contribution in [2.75, 3.05) is 25.4 Å². The van der Waals surface area contributed by atoms with Gasteiger partial charge in [0.2, 0.25) is 5.16 Å². The third kappa shape index (κ3) is 4.64. The van der Waals surface area contributed by atoms with Crippen LogP contribution in [0.15, 0.2) is 53.7 Å². The summed E-state index contributed by atoms with van der Waals surface area (Å²) >= 11 is 7.85. The monoisotopic (exact) mass is 417 g/mol. The summed E-state index contributed by atoms with van der Waals surface area (Å²) in [5, 5.41) is 22.9. The maximum absolute atomic E-state index is 9.45. The van der Waals surface area contributed by atoms with Gasteiger partial charge in [-0.25, -0.2) is 0 Å². The van der Waals surface area contributed by atoms with Gasteiger partial charge in [-0.1, -0.05) is 41.6 Å². The molecule has 0 amide bonds. The summed E-state index contributed by atoms with van der Waals surface area (Å²) in [5.74, 6) is 0.956. The number of hydrogen-bond donors (Lipinski definition) is 1. The SMILES string of the molecule is Oc1ccc(-n2nnnc2SC[C@H]2CN(Cc3ccccc3Cl)CCO2)cc1. The highest BCUT2D eigenvalue weighted by Gasteiger charge is 2.22. The smallest absolute Gasteiger partial charge is 0.214 e. The number of benzene rings is 2. The van der Waals surface area contributed by atoms with Crippen molar-refractivity contribution >= 4 is 23.4 Å². The zero-order valence-electron chi connectivity index (χ0n) is 15.1. The molecular formula is C19H20ClN5O2S. The van der Waals surface area contributed by atoms with Crippen LogP contribution in [-0.4, -0.2) is 61.8 Å². The topological polar surface area (TPSA) is 76.3 Å². The second-order valence-corrected chi connectivity index (χ2v) is 7.91. The van der Waals surface area contributed by atoms with E-state index in [-0.39, 0.29) is 11.9 Å². The van der Waals surface area contributed by atoms with Crippen molar-refractivity contribution in [3.8, 4) is 11.4 Å². The molecule has 2 aromatic carbocycles. The quantitative estimate of drug-likeness (QED) is 0.618. The average Bonchev–Trinajstić information content (AvgIpc) is 3.18. The third-order valence-corrected chi connectivity index (χ3v) is 5.93. The first-order chi connectivity index (χ1) is 13.7. The van der Waals surface area contributed by atoms with Gasteiger partial charge in [0.1, 0.15) is 5.75 Å². The Hall–Kier alpha value is -2.13. The molecule has 0 bridgehead atoms. The Labute approximate surface area is 172 Å². The van der Waals surface area contributed by atoms with Gasteiger partial charge >= 0.3 is 0 Å². The third-order valence-electron chi connectivity index (χ3n) is 4.51. The molecule has 1 aliphatic heterocycles. The molecule has 0 radical (unpaired) electrons. The number of phenols is 1. The number of rotatable bonds is 6. The Morgan fingerprint density at radius 3 is 2.82 bits per heavy atom. The number of phenolic OH excluding ortho intramolecular Hbond substituents is 1. The molecule has 28 heavy (non-hydrogen) atoms. The number of aromatic nitrogens is 4. The van der Waals surface area contributed by atoms with Crippen molar-refractivity contribution < 1.29 is 9.84 Å². The molecule has 2 heterocycles. The number of hydrogen-bond acceptors (Lipinski definition) is 7. The molecule has 7 nitrogen and oxygen atoms in total. The summed E-state index contributed by atoms with van der Waals surface area (Å²) in [4.78, 5) is 2.36. The Bertz CT molecular complexity index is 921. The molecule has 1 atom stereocenters. The normalized spacial score (nSPS) is 17.7. The largest absolute Gasteiger partial charge is 0.508 e. The first-order valence-corrected chi connectivity index (χ1v) is 10.3. The molecule has 1 saturated heterocycles. The first kappa shape index (κ1) is 19.2. The molecule has 1 N–H and O–H groups in total. The van der Waals surface area contributed by atoms with Gasteiger partial charge in [0.05, 0.1) is 18.4 Å². The maximum Gasteiger partial charge on any atom is 0.214 e. The predicted octanol–water partition coefficient (Wildman–Crippen LogP) is 3.01. The molecular weight excluding hydrogens is 398 g/mol. The predicted molar refractivity (Wildman–Crippen MR) is 108 cm³/mol. The van der Waals surface area contributed by atoms with Crippen LogP contribution in [0.2, 0.25) is 5.02 Å². The van der Waals surface area contributed by atoms with Crippen LogP contribution >= 0.6 is 23.4 Å². The summed E-state index contributed by atoms with van der Waals surface area (Å²) in [6.45, 7) is 3.23. The number of morpholine rings is 1. The van der Waals surface area contributed by atoms with Gasteiger partial charge in [0.15, 0.2) is 0 Å². The number of tetrazole rings is 1. The van der Waals surface area contributed by atoms with Crippen LogP contribution in [0.1, 0.15) is 5.56 Å². The van der Waals surface area contributed by atoms with E-state index in [1.807, 2.05) is 18.2 Å². The highest BCUT2D eigenvalue weighted by Crippen LogP contribution is 2.23. The van der Waals surface area contributed by atoms with Crippen LogP contribution < -0.4 is 0 Å². The van der Waals surface area contributed by atoms with Gasteiger partial charge in [-0.15, -0.1) is 5.10 Å². The summed E-state index contributed by atoms with van der Waals surface area (Å²) < 4.78 is 7.59. The van der Waals surface area contributed by atoms with Crippen LogP contribution in [0.4, 0.5) is 0 Å². The van der Waals surface area contributed by atoms with E-state index in [2.05, 4.69) is 26.5 Å². The van der Waals surface area contributed by atoms with Gasteiger partial charge in [-0.05, 0) is 46.3 Å². The van der Waals surface area contributed by atoms with Crippen LogP contribution in [-0.2, 0) is 11.3 Å². The standard InChI is InChI=1S/C19H20ClN5O2S/c20-18-4-2-1-3-14(18)11-24-9-10-27-17(12-24)13-28-19-21-22-23-25(19)15-5-7-16(26)8-6-15/h1-8,17,26H,9-13H2/t17-/m1/s1. The number of halogens is 1. The Morgan fingerprint density at radius 1 is 1.18 bits per heavy atom. The fourth-order valence-electron chi connectivity index (χ4n) is 3.08. The summed E-state index contributed by atoms with van der Waals surface area (Å²) in [7, 11) is 0. The lowest BCUT2D eigenvalue weighted by Crippen LogP contribution is -2.43. The van der Waals surface area contributed by atoms with Crippen molar-refractivity contribution in [2.45, 2.75) is 17.8 Å². The van der Waals surface area contributed by atoms with E-state index in [1.54, 1.807) is 40.7 Å². The van der Waals surface area contributed by atoms with Crippen molar-refractivity contribution in [3.63, 3.8) is 0 Å². The van der Waals surface area contributed by atoms with E-state index >= 15 is 0 Å². The molecule has 0 spiro atoms. The van der Waals surface area contributed by atoms with E-state index in [9.17, 15) is 5.11 Å². The Kier molecular flexibility index (Phi) is 6.11. The minimum atomic E-state index is 0.0891. The second kappa shape index (κ2) is 8.91. The average molecular weight is 418 g/mol. The van der Waals surface area contributed by atoms with E-state index < -0.39 is 0 Å². The molecule has 9 heteroatoms. The lowest BCUT2D eigenvalue weighted by Gasteiger charge is -2.32. The fourth-order valence-corrected chi connectivity index (χ4v) is 4.18. The molecule has 4 rings (SSSR count). The number of thioether (sulfide) groups is 1. The van der Waals surface area contributed by atoms with Gasteiger partial charge in [-0.3, -0.25) is 4.90 Å². The molecule has 0 saturated carbocycles. The molecule has 1 aromatic heterocycles. The molecule has 3 aromatic rings. The number of ether oxygens (including phenoxy) is 1. The molecule has 0 aliphatic carbocycles. The first-order valence-electron chi connectivity index (χ1n) is 8.97. The minimum absolute atomic E-state index is 0.0891. The summed E-state index contributed by atoms with van der Waals surface area (Å²) in [5.41, 5.74) is 1.93. The van der Waals surface area contributed by atoms with Crippen LogP contribution in [0.3, 0.4) is 0 Å². The Morgan fingerprint density at radius 2 is 2.00 bits per heavy atom. The van der Waals surface area contributed by atoms with E-state index in [1.165, 1.54) is 0 Å². The van der Waals surface area contributed by atoms with Gasteiger partial charge in [-0.2, -0.15) is 4.68 Å². The molecule has 0 unspecified atom stereocenters. The lowest BCUT2D eigenvalue weighted by molar-refractivity contribution is -0.0187. The highest BCUT2D eigenvalue weighted by atomic mass is 35.5. The summed E-state index contributed by atoms with van der Waals surface area (Å²) in [6.07, 6.45) is 0.0891. The fraction of sp³-hybridized carbons (Fsp3) is 0.316. The van der Waals surface area contributed by atoms with Crippen molar-refractivity contribution in [1.82, 2.24) is 25.1 Å². The van der Waals surface area contributed by atoms with Gasteiger partial charge < -0.3 is 9.84 Å². The van der Waals surface area contributed by atoms with E-state index in [0.717, 1.165) is 41.7 Å². The van der Waals surface area contributed by atoms with E-state index in [4.69, 9.17) is 16.3 Å². The van der Waals surface area contributed by atoms with Crippen molar-refractivity contribution in [2.24, 2.45) is 0 Å². The lowest BCUT2D eigenvalue weighted by atomic mass is 10.2. The molecule has 1 fully saturated rings. The zero-order valence-corrected chi connectivity index (χ0v) is 16.7. The summed E-state index contributed by atoms with van der Waals surface area (Å²) in [6, 6.07) is 14.7. The van der Waals surface area contributed by atoms with Crippen LogP contribution in [0.5, 0.6) is 5.75 Å². The minimum Gasteiger partial charge on any atom is -0.508 e. The van der Waals surface area contributed by atoms with Crippen LogP contribution in [0.25, 0.3) is 5.69 Å². The van der Waals surface area contributed by atoms with Crippen molar-refractivity contribution in [1.29, 1.82) is 0 Å². The maximum atomic E-state index is 9.45. The van der Waals surface area contributed by atoms with Gasteiger partial charge in [0.25, 0.3) is 0 Å². The van der Waals surface area contributed by atoms with Crippen LogP contribution in [0, 0.1) is 0 Å². The number of nitrogens with zero attached hydrogens (tertiary/aromatic N) is 5. The molecule has 1 aliphatic rings. The van der Waals surface area contributed by atoms with Gasteiger partial charge in [0, 0.05) is 30.4 Å².